The summed E-state index contributed by atoms with van der Waals surface area (Å²) in [5, 5.41) is 2.92. The largest absolute Gasteiger partial charge is 0.352 e. The van der Waals surface area contributed by atoms with E-state index < -0.39 is 5.41 Å². The van der Waals surface area contributed by atoms with E-state index in [4.69, 9.17) is 0 Å². The Morgan fingerprint density at radius 3 is 2.88 bits per heavy atom. The second-order valence-corrected chi connectivity index (χ2v) is 5.66. The molecule has 0 bridgehead atoms. The zero-order valence-electron chi connectivity index (χ0n) is 9.89. The predicted molar refractivity (Wildman–Crippen MR) is 68.3 cm³/mol. The van der Waals surface area contributed by atoms with E-state index in [1.807, 2.05) is 19.9 Å². The highest BCUT2D eigenvalue weighted by atomic mass is 79.9. The minimum absolute atomic E-state index is 0.00155. The first-order valence-electron chi connectivity index (χ1n) is 5.72. The highest BCUT2D eigenvalue weighted by Gasteiger charge is 2.44. The van der Waals surface area contributed by atoms with Crippen LogP contribution < -0.4 is 5.32 Å². The third-order valence-corrected chi connectivity index (χ3v) is 4.08. The summed E-state index contributed by atoms with van der Waals surface area (Å²) < 4.78 is 14.7. The number of carbonyl (C=O) groups excluding carboxylic acids is 1. The van der Waals surface area contributed by atoms with Gasteiger partial charge in [0.2, 0.25) is 5.91 Å². The van der Waals surface area contributed by atoms with Gasteiger partial charge in [-0.2, -0.15) is 0 Å². The van der Waals surface area contributed by atoms with Gasteiger partial charge in [-0.25, -0.2) is 4.39 Å². The Morgan fingerprint density at radius 2 is 2.29 bits per heavy atom. The molecule has 1 aromatic rings. The molecule has 1 aliphatic heterocycles. The Kier molecular flexibility index (Phi) is 3.25. The molecule has 1 amide bonds. The summed E-state index contributed by atoms with van der Waals surface area (Å²) in [6.07, 6.45) is 1.15. The molecule has 1 aromatic carbocycles. The van der Waals surface area contributed by atoms with Gasteiger partial charge in [0.25, 0.3) is 0 Å². The van der Waals surface area contributed by atoms with Gasteiger partial charge in [0.1, 0.15) is 5.82 Å². The van der Waals surface area contributed by atoms with Gasteiger partial charge in [0.15, 0.2) is 0 Å². The fourth-order valence-corrected chi connectivity index (χ4v) is 2.98. The Labute approximate surface area is 109 Å². The molecule has 1 fully saturated rings. The molecule has 92 valence electrons. The van der Waals surface area contributed by atoms with Crippen LogP contribution in [0.3, 0.4) is 0 Å². The average molecular weight is 300 g/mol. The van der Waals surface area contributed by atoms with Crippen LogP contribution in [-0.4, -0.2) is 11.9 Å². The second-order valence-electron chi connectivity index (χ2n) is 4.75. The van der Waals surface area contributed by atoms with Crippen molar-refractivity contribution in [3.63, 3.8) is 0 Å². The number of benzene rings is 1. The van der Waals surface area contributed by atoms with Gasteiger partial charge in [-0.3, -0.25) is 4.79 Å². The van der Waals surface area contributed by atoms with Crippen LogP contribution in [0.4, 0.5) is 4.39 Å². The van der Waals surface area contributed by atoms with Gasteiger partial charge in [0.05, 0.1) is 0 Å². The summed E-state index contributed by atoms with van der Waals surface area (Å²) in [7, 11) is 0. The molecule has 0 radical (unpaired) electrons. The zero-order valence-corrected chi connectivity index (χ0v) is 11.5. The van der Waals surface area contributed by atoms with E-state index in [9.17, 15) is 9.18 Å². The maximum atomic E-state index is 14.0. The monoisotopic (exact) mass is 299 g/mol. The van der Waals surface area contributed by atoms with Crippen molar-refractivity contribution < 1.29 is 9.18 Å². The standard InChI is InChI=1S/C13H15BrFNO/c1-3-11-13(2,7-12(17)16-11)9-5-4-8(14)6-10(9)15/h4-6,11H,3,7H2,1-2H3,(H,16,17). The van der Waals surface area contributed by atoms with Crippen molar-refractivity contribution in [2.45, 2.75) is 38.1 Å². The molecule has 17 heavy (non-hydrogen) atoms. The Hall–Kier alpha value is -0.900. The highest BCUT2D eigenvalue weighted by Crippen LogP contribution is 2.38. The van der Waals surface area contributed by atoms with Gasteiger partial charge in [-0.05, 0) is 24.1 Å². The quantitative estimate of drug-likeness (QED) is 0.893. The van der Waals surface area contributed by atoms with Crippen LogP contribution in [-0.2, 0) is 10.2 Å². The average Bonchev–Trinajstić information content (AvgIpc) is 2.53. The molecule has 1 heterocycles. The fraction of sp³-hybridized carbons (Fsp3) is 0.462. The first-order chi connectivity index (χ1) is 7.97. The summed E-state index contributed by atoms with van der Waals surface area (Å²) >= 11 is 3.24. The minimum Gasteiger partial charge on any atom is -0.352 e. The topological polar surface area (TPSA) is 29.1 Å². The highest BCUT2D eigenvalue weighted by molar-refractivity contribution is 9.10. The van der Waals surface area contributed by atoms with Gasteiger partial charge in [0, 0.05) is 22.4 Å². The molecule has 2 atom stereocenters. The molecule has 2 rings (SSSR count). The number of carbonyl (C=O) groups is 1. The molecular weight excluding hydrogens is 285 g/mol. The molecule has 0 saturated carbocycles. The molecule has 0 aliphatic carbocycles. The van der Waals surface area contributed by atoms with Crippen LogP contribution >= 0.6 is 15.9 Å². The maximum absolute atomic E-state index is 14.0. The Bertz CT molecular complexity index is 463. The van der Waals surface area contributed by atoms with Crippen molar-refractivity contribution in [3.8, 4) is 0 Å². The summed E-state index contributed by atoms with van der Waals surface area (Å²) in [5.74, 6) is -0.251. The molecule has 0 aromatic heterocycles. The maximum Gasteiger partial charge on any atom is 0.221 e. The number of hydrogen-bond donors (Lipinski definition) is 1. The van der Waals surface area contributed by atoms with Crippen molar-refractivity contribution >= 4 is 21.8 Å². The summed E-state index contributed by atoms with van der Waals surface area (Å²) in [6.45, 7) is 3.96. The molecule has 1 aliphatic rings. The zero-order chi connectivity index (χ0) is 12.6. The lowest BCUT2D eigenvalue weighted by atomic mass is 9.75. The lowest BCUT2D eigenvalue weighted by Crippen LogP contribution is -2.38. The smallest absolute Gasteiger partial charge is 0.221 e. The van der Waals surface area contributed by atoms with Crippen LogP contribution in [0.15, 0.2) is 22.7 Å². The fourth-order valence-electron chi connectivity index (χ4n) is 2.65. The first kappa shape index (κ1) is 12.6. The van der Waals surface area contributed by atoms with Crippen molar-refractivity contribution in [1.82, 2.24) is 5.32 Å². The van der Waals surface area contributed by atoms with E-state index in [0.717, 1.165) is 6.42 Å². The van der Waals surface area contributed by atoms with E-state index in [2.05, 4.69) is 21.2 Å². The molecule has 0 spiro atoms. The molecule has 1 N–H and O–H groups in total. The van der Waals surface area contributed by atoms with Gasteiger partial charge < -0.3 is 5.32 Å². The van der Waals surface area contributed by atoms with Crippen molar-refractivity contribution in [2.75, 3.05) is 0 Å². The number of amides is 1. The normalized spacial score (nSPS) is 28.2. The predicted octanol–water partition coefficient (Wildman–Crippen LogP) is 3.14. The molecule has 1 saturated heterocycles. The molecule has 4 heteroatoms. The molecule has 2 nitrogen and oxygen atoms in total. The third-order valence-electron chi connectivity index (χ3n) is 3.59. The van der Waals surface area contributed by atoms with E-state index in [1.165, 1.54) is 6.07 Å². The van der Waals surface area contributed by atoms with Gasteiger partial charge >= 0.3 is 0 Å². The molecular formula is C13H15BrFNO. The van der Waals surface area contributed by atoms with Crippen molar-refractivity contribution in [2.24, 2.45) is 0 Å². The van der Waals surface area contributed by atoms with Crippen molar-refractivity contribution in [1.29, 1.82) is 0 Å². The lowest BCUT2D eigenvalue weighted by molar-refractivity contribution is -0.119. The van der Waals surface area contributed by atoms with Gasteiger partial charge in [-0.1, -0.05) is 35.8 Å². The Balaban J connectivity index is 2.46. The number of nitrogens with one attached hydrogen (secondary N) is 1. The van der Waals surface area contributed by atoms with E-state index >= 15 is 0 Å². The summed E-state index contributed by atoms with van der Waals surface area (Å²) in [4.78, 5) is 11.5. The van der Waals surface area contributed by atoms with E-state index in [0.29, 0.717) is 16.5 Å². The summed E-state index contributed by atoms with van der Waals surface area (Å²) in [6, 6.07) is 5.04. The van der Waals surface area contributed by atoms with Crippen LogP contribution in [0.25, 0.3) is 0 Å². The third kappa shape index (κ3) is 2.10. The van der Waals surface area contributed by atoms with Crippen LogP contribution in [0.5, 0.6) is 0 Å². The van der Waals surface area contributed by atoms with E-state index in [-0.39, 0.29) is 17.8 Å². The summed E-state index contributed by atoms with van der Waals surface area (Å²) in [5.41, 5.74) is 0.169. The van der Waals surface area contributed by atoms with Gasteiger partial charge in [-0.15, -0.1) is 0 Å². The number of halogens is 2. The number of rotatable bonds is 2. The Morgan fingerprint density at radius 1 is 1.59 bits per heavy atom. The van der Waals surface area contributed by atoms with E-state index in [1.54, 1.807) is 6.07 Å². The SMILES string of the molecule is CCC1NC(=O)CC1(C)c1ccc(Br)cc1F. The van der Waals surface area contributed by atoms with Crippen molar-refractivity contribution in [3.05, 3.63) is 34.1 Å². The first-order valence-corrected chi connectivity index (χ1v) is 6.51. The van der Waals surface area contributed by atoms with Crippen LogP contribution in [0, 0.1) is 5.82 Å². The second kappa shape index (κ2) is 4.41. The number of hydrogen-bond acceptors (Lipinski definition) is 1. The van der Waals surface area contributed by atoms with Crippen LogP contribution in [0.2, 0.25) is 0 Å². The van der Waals surface area contributed by atoms with Crippen LogP contribution in [0.1, 0.15) is 32.3 Å². The lowest BCUT2D eigenvalue weighted by Gasteiger charge is -2.30. The molecule has 2 unspecified atom stereocenters. The minimum atomic E-state index is -0.448.